The molecule has 2 aliphatic heterocycles. The fraction of sp³-hybridized carbons (Fsp3) is 0.739. The Morgan fingerprint density at radius 3 is 2.50 bits per heavy atom. The Morgan fingerprint density at radius 1 is 1.13 bits per heavy atom. The highest BCUT2D eigenvalue weighted by molar-refractivity contribution is 7.15. The van der Waals surface area contributed by atoms with E-state index in [0.29, 0.717) is 21.7 Å². The van der Waals surface area contributed by atoms with Crippen LogP contribution in [0.1, 0.15) is 58.9 Å². The molecule has 0 bridgehead atoms. The van der Waals surface area contributed by atoms with Gasteiger partial charge in [0, 0.05) is 32.8 Å². The average molecular weight is 436 g/mol. The van der Waals surface area contributed by atoms with Crippen molar-refractivity contribution in [1.82, 2.24) is 14.7 Å². The Balaban J connectivity index is 1.66. The van der Waals surface area contributed by atoms with Crippen molar-refractivity contribution < 1.29 is 14.3 Å². The lowest BCUT2D eigenvalue weighted by Gasteiger charge is -2.36. The molecule has 30 heavy (non-hydrogen) atoms. The minimum Gasteiger partial charge on any atom is -0.383 e. The van der Waals surface area contributed by atoms with Crippen LogP contribution >= 0.6 is 11.3 Å². The second-order valence-corrected chi connectivity index (χ2v) is 9.72. The number of piperidine rings is 1. The number of nitrogens with zero attached hydrogens (tertiary/aromatic N) is 3. The van der Waals surface area contributed by atoms with Crippen molar-refractivity contribution in [3.8, 4) is 0 Å². The van der Waals surface area contributed by atoms with Gasteiger partial charge in [-0.15, -0.1) is 11.3 Å². The summed E-state index contributed by atoms with van der Waals surface area (Å²) in [6.45, 7) is 11.5. The second kappa shape index (κ2) is 11.4. The summed E-state index contributed by atoms with van der Waals surface area (Å²) in [7, 11) is 1.75. The molecule has 0 saturated carbocycles. The maximum Gasteiger partial charge on any atom is 0.264 e. The summed E-state index contributed by atoms with van der Waals surface area (Å²) in [6.07, 6.45) is 4.62. The third-order valence-corrected chi connectivity index (χ3v) is 7.76. The molecule has 3 rings (SSSR count). The van der Waals surface area contributed by atoms with Gasteiger partial charge in [-0.3, -0.25) is 14.5 Å². The Labute approximate surface area is 185 Å². The first-order chi connectivity index (χ1) is 14.5. The summed E-state index contributed by atoms with van der Waals surface area (Å²) < 4.78 is 5.21. The van der Waals surface area contributed by atoms with Gasteiger partial charge in [0.1, 0.15) is 0 Å². The zero-order valence-electron chi connectivity index (χ0n) is 18.8. The number of Topliss-reactive ketones (excluding diaryl/α,β-unsaturated/α-hetero) is 1. The minimum absolute atomic E-state index is 0.0296. The molecular weight excluding hydrogens is 398 g/mol. The first-order valence-corrected chi connectivity index (χ1v) is 12.2. The summed E-state index contributed by atoms with van der Waals surface area (Å²) in [4.78, 5) is 33.5. The minimum atomic E-state index is 0.0296. The van der Waals surface area contributed by atoms with Crippen LogP contribution in [0.25, 0.3) is 0 Å². The topological polar surface area (TPSA) is 53.1 Å². The van der Waals surface area contributed by atoms with Gasteiger partial charge in [0.05, 0.1) is 16.4 Å². The summed E-state index contributed by atoms with van der Waals surface area (Å²) in [5, 5.41) is 0. The molecule has 1 aromatic rings. The highest BCUT2D eigenvalue weighted by Crippen LogP contribution is 2.25. The van der Waals surface area contributed by atoms with Crippen LogP contribution in [0.2, 0.25) is 0 Å². The van der Waals surface area contributed by atoms with Gasteiger partial charge in [-0.2, -0.15) is 0 Å². The van der Waals surface area contributed by atoms with Crippen molar-refractivity contribution in [2.24, 2.45) is 5.92 Å². The molecular formula is C23H37N3O3S. The Hall–Kier alpha value is -1.28. The number of thiophene rings is 1. The Bertz CT molecular complexity index is 700. The van der Waals surface area contributed by atoms with Crippen LogP contribution in [0.15, 0.2) is 12.1 Å². The van der Waals surface area contributed by atoms with Gasteiger partial charge in [0.2, 0.25) is 0 Å². The molecule has 0 spiro atoms. The smallest absolute Gasteiger partial charge is 0.264 e. The number of likely N-dealkylation sites (tertiary alicyclic amines) is 2. The monoisotopic (exact) mass is 435 g/mol. The van der Waals surface area contributed by atoms with Crippen LogP contribution in [0, 0.1) is 5.92 Å². The van der Waals surface area contributed by atoms with Gasteiger partial charge in [-0.25, -0.2) is 0 Å². The number of hydrogen-bond donors (Lipinski definition) is 0. The number of hydrogen-bond acceptors (Lipinski definition) is 6. The predicted octanol–water partition coefficient (Wildman–Crippen LogP) is 3.24. The standard InChI is InChI=1S/C23H37N3O3S/c1-4-25-11-5-6-20(25)17-26(23(28)22-8-7-21(30-22)18(2)27)16-19-9-12-24(13-10-19)14-15-29-3/h7-8,19-20H,4-6,9-17H2,1-3H3. The van der Waals surface area contributed by atoms with E-state index in [1.807, 2.05) is 6.07 Å². The SMILES string of the molecule is CCN1CCCC1CN(CC1CCN(CCOC)CC1)C(=O)c1ccc(C(C)=O)s1. The third kappa shape index (κ3) is 6.13. The molecule has 6 nitrogen and oxygen atoms in total. The summed E-state index contributed by atoms with van der Waals surface area (Å²) in [5.41, 5.74) is 0. The maximum atomic E-state index is 13.4. The highest BCUT2D eigenvalue weighted by Gasteiger charge is 2.30. The molecule has 1 amide bonds. The van der Waals surface area contributed by atoms with Crippen LogP contribution in [-0.2, 0) is 4.74 Å². The summed E-state index contributed by atoms with van der Waals surface area (Å²) in [6, 6.07) is 4.07. The van der Waals surface area contributed by atoms with E-state index in [1.54, 1.807) is 20.1 Å². The summed E-state index contributed by atoms with van der Waals surface area (Å²) >= 11 is 1.34. The van der Waals surface area contributed by atoms with E-state index < -0.39 is 0 Å². The van der Waals surface area contributed by atoms with Gasteiger partial charge >= 0.3 is 0 Å². The fourth-order valence-electron chi connectivity index (χ4n) is 4.74. The molecule has 1 atom stereocenters. The Kier molecular flexibility index (Phi) is 8.86. The number of carbonyl (C=O) groups excluding carboxylic acids is 2. The van der Waals surface area contributed by atoms with Gasteiger partial charge in [0.15, 0.2) is 5.78 Å². The van der Waals surface area contributed by atoms with Crippen LogP contribution in [-0.4, -0.2) is 92.0 Å². The van der Waals surface area contributed by atoms with E-state index in [0.717, 1.165) is 71.7 Å². The number of ether oxygens (including phenoxy) is 1. The normalized spacial score (nSPS) is 21.2. The largest absolute Gasteiger partial charge is 0.383 e. The number of carbonyl (C=O) groups is 2. The predicted molar refractivity (Wildman–Crippen MR) is 122 cm³/mol. The number of ketones is 1. The van der Waals surface area contributed by atoms with Gasteiger partial charge in [0.25, 0.3) is 5.91 Å². The van der Waals surface area contributed by atoms with Crippen molar-refractivity contribution in [3.05, 3.63) is 21.9 Å². The number of amides is 1. The van der Waals surface area contributed by atoms with Crippen molar-refractivity contribution in [1.29, 1.82) is 0 Å². The van der Waals surface area contributed by atoms with Crippen molar-refractivity contribution in [3.63, 3.8) is 0 Å². The van der Waals surface area contributed by atoms with Gasteiger partial charge < -0.3 is 14.5 Å². The molecule has 0 aromatic carbocycles. The first kappa shape index (κ1) is 23.4. The zero-order chi connectivity index (χ0) is 21.5. The molecule has 1 unspecified atom stereocenters. The van der Waals surface area contributed by atoms with Gasteiger partial charge in [-0.05, 0) is 76.8 Å². The molecule has 7 heteroatoms. The van der Waals surface area contributed by atoms with Crippen molar-refractivity contribution in [2.45, 2.75) is 45.6 Å². The molecule has 1 aromatic heterocycles. The van der Waals surface area contributed by atoms with E-state index >= 15 is 0 Å². The third-order valence-electron chi connectivity index (χ3n) is 6.58. The average Bonchev–Trinajstić information content (AvgIpc) is 3.42. The molecule has 168 valence electrons. The molecule has 0 N–H and O–H groups in total. The Morgan fingerprint density at radius 2 is 1.87 bits per heavy atom. The summed E-state index contributed by atoms with van der Waals surface area (Å²) in [5.74, 6) is 0.663. The first-order valence-electron chi connectivity index (χ1n) is 11.4. The molecule has 0 aliphatic carbocycles. The van der Waals surface area contributed by atoms with Crippen LogP contribution in [0.4, 0.5) is 0 Å². The van der Waals surface area contributed by atoms with E-state index in [1.165, 1.54) is 17.8 Å². The lowest BCUT2D eigenvalue weighted by Crippen LogP contribution is -2.46. The van der Waals surface area contributed by atoms with Crippen molar-refractivity contribution >= 4 is 23.0 Å². The maximum absolute atomic E-state index is 13.4. The quantitative estimate of drug-likeness (QED) is 0.528. The van der Waals surface area contributed by atoms with Crippen LogP contribution in [0.3, 0.4) is 0 Å². The van der Waals surface area contributed by atoms with Crippen LogP contribution in [0.5, 0.6) is 0 Å². The van der Waals surface area contributed by atoms with E-state index in [2.05, 4.69) is 21.6 Å². The number of likely N-dealkylation sites (N-methyl/N-ethyl adjacent to an activating group) is 1. The highest BCUT2D eigenvalue weighted by atomic mass is 32.1. The molecule has 2 saturated heterocycles. The van der Waals surface area contributed by atoms with Gasteiger partial charge in [-0.1, -0.05) is 6.92 Å². The second-order valence-electron chi connectivity index (χ2n) is 8.63. The van der Waals surface area contributed by atoms with E-state index in [4.69, 9.17) is 4.74 Å². The zero-order valence-corrected chi connectivity index (χ0v) is 19.6. The molecule has 2 fully saturated rings. The van der Waals surface area contributed by atoms with E-state index in [9.17, 15) is 9.59 Å². The molecule has 0 radical (unpaired) electrons. The van der Waals surface area contributed by atoms with Crippen molar-refractivity contribution in [2.75, 3.05) is 59.5 Å². The van der Waals surface area contributed by atoms with Crippen LogP contribution < -0.4 is 0 Å². The number of rotatable bonds is 10. The molecule has 3 heterocycles. The number of methoxy groups -OCH3 is 1. The lowest BCUT2D eigenvalue weighted by atomic mass is 9.95. The molecule has 2 aliphatic rings. The van der Waals surface area contributed by atoms with E-state index in [-0.39, 0.29) is 11.7 Å². The fourth-order valence-corrected chi connectivity index (χ4v) is 5.60. The lowest BCUT2D eigenvalue weighted by molar-refractivity contribution is 0.0621.